The van der Waals surface area contributed by atoms with Crippen LogP contribution < -0.4 is 5.32 Å². The summed E-state index contributed by atoms with van der Waals surface area (Å²) in [5, 5.41) is 3.13. The van der Waals surface area contributed by atoms with Crippen LogP contribution >= 0.6 is 0 Å². The maximum atomic E-state index is 13.4. The fraction of sp³-hybridized carbons (Fsp3) is 0.619. The molecule has 146 valence electrons. The minimum absolute atomic E-state index is 0.0195. The van der Waals surface area contributed by atoms with E-state index >= 15 is 0 Å². The SMILES string of the molecule is CNC(COC)C(=O)N1C(c2nc3ccc(C)cc3[nH]2)CC2CCCCC21. The van der Waals surface area contributed by atoms with Gasteiger partial charge in [0, 0.05) is 13.2 Å². The van der Waals surface area contributed by atoms with Crippen molar-refractivity contribution in [1.82, 2.24) is 20.2 Å². The number of carbonyl (C=O) groups is 1. The topological polar surface area (TPSA) is 70.2 Å². The van der Waals surface area contributed by atoms with Gasteiger partial charge in [-0.1, -0.05) is 18.9 Å². The highest BCUT2D eigenvalue weighted by atomic mass is 16.5. The lowest BCUT2D eigenvalue weighted by Crippen LogP contribution is -2.51. The van der Waals surface area contributed by atoms with Crippen molar-refractivity contribution in [2.75, 3.05) is 20.8 Å². The van der Waals surface area contributed by atoms with Crippen LogP contribution in [0.15, 0.2) is 18.2 Å². The monoisotopic (exact) mass is 370 g/mol. The number of carbonyl (C=O) groups excluding carboxylic acids is 1. The molecule has 6 heteroatoms. The van der Waals surface area contributed by atoms with Crippen LogP contribution in [0.25, 0.3) is 11.0 Å². The zero-order valence-electron chi connectivity index (χ0n) is 16.5. The number of nitrogens with zero attached hydrogens (tertiary/aromatic N) is 2. The molecule has 2 N–H and O–H groups in total. The predicted molar refractivity (Wildman–Crippen MR) is 106 cm³/mol. The Morgan fingerprint density at radius 2 is 2.22 bits per heavy atom. The lowest BCUT2D eigenvalue weighted by atomic mass is 9.84. The second-order valence-electron chi connectivity index (χ2n) is 8.05. The van der Waals surface area contributed by atoms with Crippen molar-refractivity contribution in [3.8, 4) is 0 Å². The fourth-order valence-electron chi connectivity index (χ4n) is 4.95. The number of hydrogen-bond acceptors (Lipinski definition) is 4. The first-order valence-electron chi connectivity index (χ1n) is 10.1. The van der Waals surface area contributed by atoms with Gasteiger partial charge in [-0.25, -0.2) is 4.98 Å². The van der Waals surface area contributed by atoms with Crippen molar-refractivity contribution in [2.24, 2.45) is 5.92 Å². The van der Waals surface area contributed by atoms with Gasteiger partial charge in [0.05, 0.1) is 23.7 Å². The Hall–Kier alpha value is -1.92. The molecule has 1 saturated heterocycles. The molecule has 6 nitrogen and oxygen atoms in total. The van der Waals surface area contributed by atoms with E-state index in [4.69, 9.17) is 9.72 Å². The molecule has 1 aliphatic carbocycles. The first kappa shape index (κ1) is 18.4. The summed E-state index contributed by atoms with van der Waals surface area (Å²) in [7, 11) is 3.47. The van der Waals surface area contributed by atoms with Gasteiger partial charge in [-0.05, 0) is 56.8 Å². The number of likely N-dealkylation sites (tertiary alicyclic amines) is 1. The van der Waals surface area contributed by atoms with Crippen molar-refractivity contribution in [2.45, 2.75) is 57.2 Å². The lowest BCUT2D eigenvalue weighted by molar-refractivity contribution is -0.138. The molecule has 2 fully saturated rings. The zero-order valence-corrected chi connectivity index (χ0v) is 16.5. The molecule has 1 saturated carbocycles. The Morgan fingerprint density at radius 3 is 3.00 bits per heavy atom. The normalized spacial score (nSPS) is 26.3. The number of ether oxygens (including phenoxy) is 1. The summed E-state index contributed by atoms with van der Waals surface area (Å²) < 4.78 is 5.28. The molecule has 2 aliphatic rings. The molecule has 2 aromatic rings. The van der Waals surface area contributed by atoms with E-state index in [0.29, 0.717) is 18.6 Å². The van der Waals surface area contributed by atoms with Gasteiger partial charge >= 0.3 is 0 Å². The molecule has 4 atom stereocenters. The summed E-state index contributed by atoms with van der Waals surface area (Å²) in [6.07, 6.45) is 5.77. The maximum absolute atomic E-state index is 13.4. The molecule has 1 aliphatic heterocycles. The number of rotatable bonds is 5. The smallest absolute Gasteiger partial charge is 0.242 e. The summed E-state index contributed by atoms with van der Waals surface area (Å²) in [4.78, 5) is 23.9. The van der Waals surface area contributed by atoms with Crippen molar-refractivity contribution >= 4 is 16.9 Å². The highest BCUT2D eigenvalue weighted by molar-refractivity contribution is 5.83. The number of benzene rings is 1. The Balaban J connectivity index is 1.70. The standard InChI is InChI=1S/C21H30N4O2/c1-13-8-9-15-16(10-13)24-20(23-15)19-11-14-6-4-5-7-18(14)25(19)21(26)17(22-2)12-27-3/h8-10,14,17-19,22H,4-7,11-12H2,1-3H3,(H,23,24). The van der Waals surface area contributed by atoms with Crippen LogP contribution in [0.4, 0.5) is 0 Å². The van der Waals surface area contributed by atoms with Crippen molar-refractivity contribution in [1.29, 1.82) is 0 Å². The summed E-state index contributed by atoms with van der Waals surface area (Å²) >= 11 is 0. The lowest BCUT2D eigenvalue weighted by Gasteiger charge is -2.35. The largest absolute Gasteiger partial charge is 0.383 e. The molecule has 4 rings (SSSR count). The molecule has 2 heterocycles. The first-order chi connectivity index (χ1) is 13.1. The molecule has 1 aromatic heterocycles. The number of aromatic amines is 1. The summed E-state index contributed by atoms with van der Waals surface area (Å²) in [6.45, 7) is 2.47. The molecule has 0 radical (unpaired) electrons. The summed E-state index contributed by atoms with van der Waals surface area (Å²) in [5.41, 5.74) is 3.23. The average Bonchev–Trinajstić information content (AvgIpc) is 3.26. The Morgan fingerprint density at radius 1 is 1.41 bits per heavy atom. The zero-order chi connectivity index (χ0) is 19.0. The molecular formula is C21H30N4O2. The molecule has 4 unspecified atom stereocenters. The maximum Gasteiger partial charge on any atom is 0.242 e. The minimum Gasteiger partial charge on any atom is -0.383 e. The second-order valence-corrected chi connectivity index (χ2v) is 8.05. The molecule has 0 spiro atoms. The molecule has 0 bridgehead atoms. The highest BCUT2D eigenvalue weighted by Gasteiger charge is 2.47. The average molecular weight is 370 g/mol. The van der Waals surface area contributed by atoms with E-state index in [0.717, 1.165) is 29.7 Å². The molecule has 27 heavy (non-hydrogen) atoms. The van der Waals surface area contributed by atoms with Gasteiger partial charge < -0.3 is 19.9 Å². The number of aryl methyl sites for hydroxylation is 1. The number of hydrogen-bond donors (Lipinski definition) is 2. The van der Waals surface area contributed by atoms with Crippen LogP contribution in [-0.2, 0) is 9.53 Å². The van der Waals surface area contributed by atoms with Gasteiger partial charge in [0.2, 0.25) is 5.91 Å². The number of H-pyrrole nitrogens is 1. The Labute approximate surface area is 160 Å². The summed E-state index contributed by atoms with van der Waals surface area (Å²) in [5.74, 6) is 1.63. The quantitative estimate of drug-likeness (QED) is 0.849. The fourth-order valence-corrected chi connectivity index (χ4v) is 4.95. The van der Waals surface area contributed by atoms with Crippen molar-refractivity contribution in [3.63, 3.8) is 0 Å². The third-order valence-electron chi connectivity index (χ3n) is 6.29. The first-order valence-corrected chi connectivity index (χ1v) is 10.1. The van der Waals surface area contributed by atoms with E-state index in [2.05, 4.69) is 40.3 Å². The molecule has 1 aromatic carbocycles. The number of nitrogens with one attached hydrogen (secondary N) is 2. The number of methoxy groups -OCH3 is 1. The third-order valence-corrected chi connectivity index (χ3v) is 6.29. The van der Waals surface area contributed by atoms with Crippen LogP contribution in [0.5, 0.6) is 0 Å². The van der Waals surface area contributed by atoms with Gasteiger partial charge in [0.1, 0.15) is 11.9 Å². The third kappa shape index (κ3) is 3.36. The van der Waals surface area contributed by atoms with Gasteiger partial charge in [-0.2, -0.15) is 0 Å². The van der Waals surface area contributed by atoms with Crippen molar-refractivity contribution in [3.05, 3.63) is 29.6 Å². The number of likely N-dealkylation sites (N-methyl/N-ethyl adjacent to an activating group) is 1. The highest BCUT2D eigenvalue weighted by Crippen LogP contribution is 2.46. The minimum atomic E-state index is -0.315. The predicted octanol–water partition coefficient (Wildman–Crippen LogP) is 2.94. The number of imidazole rings is 1. The van der Waals surface area contributed by atoms with E-state index in [1.165, 1.54) is 24.8 Å². The number of aromatic nitrogens is 2. The van der Waals surface area contributed by atoms with E-state index in [-0.39, 0.29) is 18.0 Å². The number of fused-ring (bicyclic) bond motifs is 2. The van der Waals surface area contributed by atoms with Gasteiger partial charge in [-0.15, -0.1) is 0 Å². The van der Waals surface area contributed by atoms with Crippen LogP contribution in [0.1, 0.15) is 49.5 Å². The van der Waals surface area contributed by atoms with Gasteiger partial charge in [-0.3, -0.25) is 4.79 Å². The Bertz CT molecular complexity index is 818. The molecule has 1 amide bonds. The van der Waals surface area contributed by atoms with E-state index in [1.54, 1.807) is 7.11 Å². The molecular weight excluding hydrogens is 340 g/mol. The van der Waals surface area contributed by atoms with Crippen LogP contribution in [0, 0.1) is 12.8 Å². The number of amides is 1. The van der Waals surface area contributed by atoms with E-state index < -0.39 is 0 Å². The van der Waals surface area contributed by atoms with Gasteiger partial charge in [0.15, 0.2) is 0 Å². The van der Waals surface area contributed by atoms with Gasteiger partial charge in [0.25, 0.3) is 0 Å². The Kier molecular flexibility index (Phi) is 5.19. The van der Waals surface area contributed by atoms with E-state index in [1.807, 2.05) is 7.05 Å². The van der Waals surface area contributed by atoms with Crippen LogP contribution in [0.2, 0.25) is 0 Å². The van der Waals surface area contributed by atoms with Crippen LogP contribution in [-0.4, -0.2) is 53.6 Å². The van der Waals surface area contributed by atoms with E-state index in [9.17, 15) is 4.79 Å². The summed E-state index contributed by atoms with van der Waals surface area (Å²) in [6, 6.07) is 6.29. The second kappa shape index (κ2) is 7.60. The van der Waals surface area contributed by atoms with Crippen LogP contribution in [0.3, 0.4) is 0 Å². The van der Waals surface area contributed by atoms with Crippen molar-refractivity contribution < 1.29 is 9.53 Å².